The second-order valence-corrected chi connectivity index (χ2v) is 10.6. The number of aromatic amines is 1. The van der Waals surface area contributed by atoms with Crippen LogP contribution in [0.15, 0.2) is 47.3 Å². The number of hydrogen-bond donors (Lipinski definition) is 1. The normalized spacial score (nSPS) is 19.3. The van der Waals surface area contributed by atoms with Gasteiger partial charge < -0.3 is 14.6 Å². The van der Waals surface area contributed by atoms with Crippen molar-refractivity contribution in [2.75, 3.05) is 37.7 Å². The van der Waals surface area contributed by atoms with Crippen LogP contribution in [0, 0.1) is 20.8 Å². The van der Waals surface area contributed by atoms with Gasteiger partial charge in [0.1, 0.15) is 6.04 Å². The Hall–Kier alpha value is -3.56. The highest BCUT2D eigenvalue weighted by molar-refractivity contribution is 5.82. The third kappa shape index (κ3) is 4.61. The molecule has 1 N–H and O–H groups in total. The first-order valence-electron chi connectivity index (χ1n) is 13.5. The van der Waals surface area contributed by atoms with E-state index in [0.717, 1.165) is 62.1 Å². The first kappa shape index (κ1) is 24.8. The van der Waals surface area contributed by atoms with Gasteiger partial charge in [0.2, 0.25) is 0 Å². The number of piperazine rings is 1. The Morgan fingerprint density at radius 2 is 1.84 bits per heavy atom. The zero-order chi connectivity index (χ0) is 26.2. The Labute approximate surface area is 222 Å². The number of tetrazole rings is 1. The van der Waals surface area contributed by atoms with Gasteiger partial charge >= 0.3 is 0 Å². The largest absolute Gasteiger partial charge is 0.376 e. The van der Waals surface area contributed by atoms with Crippen molar-refractivity contribution in [3.8, 4) is 0 Å². The minimum atomic E-state index is -0.360. The molecule has 2 aliphatic heterocycles. The molecule has 0 radical (unpaired) electrons. The average molecular weight is 514 g/mol. The highest BCUT2D eigenvalue weighted by atomic mass is 16.5. The summed E-state index contributed by atoms with van der Waals surface area (Å²) in [6, 6.07) is 14.2. The lowest BCUT2D eigenvalue weighted by Gasteiger charge is -2.40. The summed E-state index contributed by atoms with van der Waals surface area (Å²) in [4.78, 5) is 21.5. The predicted molar refractivity (Wildman–Crippen MR) is 148 cm³/mol. The molecule has 0 saturated carbocycles. The zero-order valence-electron chi connectivity index (χ0n) is 22.4. The number of fused-ring (bicyclic) bond motifs is 1. The second-order valence-electron chi connectivity index (χ2n) is 10.6. The third-order valence-electron chi connectivity index (χ3n) is 8.21. The highest BCUT2D eigenvalue weighted by Gasteiger charge is 2.34. The van der Waals surface area contributed by atoms with Crippen LogP contribution in [-0.2, 0) is 11.3 Å². The number of para-hydroxylation sites is 1. The molecule has 38 heavy (non-hydrogen) atoms. The molecule has 0 amide bonds. The molecule has 4 aromatic rings. The van der Waals surface area contributed by atoms with E-state index in [9.17, 15) is 4.79 Å². The molecule has 0 unspecified atom stereocenters. The number of H-pyrrole nitrogens is 1. The number of aromatic nitrogens is 5. The minimum absolute atomic E-state index is 0.0941. The van der Waals surface area contributed by atoms with E-state index in [1.165, 1.54) is 16.8 Å². The van der Waals surface area contributed by atoms with Crippen LogP contribution in [0.4, 0.5) is 5.69 Å². The predicted octanol–water partition coefficient (Wildman–Crippen LogP) is 3.53. The Kier molecular flexibility index (Phi) is 6.71. The second kappa shape index (κ2) is 10.3. The maximum atomic E-state index is 13.6. The van der Waals surface area contributed by atoms with E-state index in [1.807, 2.05) is 35.9 Å². The maximum Gasteiger partial charge on any atom is 0.253 e. The van der Waals surface area contributed by atoms with Crippen molar-refractivity contribution in [2.24, 2.45) is 0 Å². The van der Waals surface area contributed by atoms with E-state index in [-0.39, 0.29) is 17.7 Å². The molecule has 2 aromatic carbocycles. The summed E-state index contributed by atoms with van der Waals surface area (Å²) >= 11 is 0. The first-order valence-corrected chi connectivity index (χ1v) is 13.5. The molecule has 4 heterocycles. The smallest absolute Gasteiger partial charge is 0.253 e. The Morgan fingerprint density at radius 1 is 1.05 bits per heavy atom. The molecule has 2 saturated heterocycles. The van der Waals surface area contributed by atoms with Gasteiger partial charge in [0, 0.05) is 44.0 Å². The van der Waals surface area contributed by atoms with E-state index in [1.54, 1.807) is 0 Å². The molecular weight excluding hydrogens is 478 g/mol. The van der Waals surface area contributed by atoms with Gasteiger partial charge in [-0.25, -0.2) is 4.68 Å². The van der Waals surface area contributed by atoms with Gasteiger partial charge in [0.05, 0.1) is 18.2 Å². The molecule has 2 aromatic heterocycles. The van der Waals surface area contributed by atoms with Crippen LogP contribution in [0.2, 0.25) is 0 Å². The van der Waals surface area contributed by atoms with Gasteiger partial charge in [-0.2, -0.15) is 0 Å². The fraction of sp³-hybridized carbons (Fsp3) is 0.448. The van der Waals surface area contributed by atoms with Crippen molar-refractivity contribution >= 4 is 16.6 Å². The average Bonchev–Trinajstić information content (AvgIpc) is 3.60. The fourth-order valence-electron chi connectivity index (χ4n) is 5.92. The molecular formula is C29H35N7O2. The number of anilines is 1. The molecule has 2 aliphatic rings. The monoisotopic (exact) mass is 513 g/mol. The topological polar surface area (TPSA) is 92.2 Å². The van der Waals surface area contributed by atoms with Crippen LogP contribution in [0.25, 0.3) is 10.9 Å². The quantitative estimate of drug-likeness (QED) is 0.422. The molecule has 2 fully saturated rings. The number of benzene rings is 2. The fourth-order valence-corrected chi connectivity index (χ4v) is 5.92. The Bertz CT molecular complexity index is 1500. The lowest BCUT2D eigenvalue weighted by Crippen LogP contribution is -2.49. The van der Waals surface area contributed by atoms with Crippen LogP contribution in [0.5, 0.6) is 0 Å². The standard InChI is InChI=1S/C29H35N7O2/c1-19-7-5-11-25(21(19)3)34-12-14-35(15-13-34)27(28-31-32-33-36(28)18-23-10-6-16-38-23)24-17-22-9-4-8-20(2)26(22)30-29(24)37/h4-5,7-9,11,17,23,27H,6,10,12-16,18H2,1-3H3,(H,30,37)/t23-,27-/m0/s1. The van der Waals surface area contributed by atoms with Gasteiger partial charge in [-0.05, 0) is 78.2 Å². The number of nitrogens with one attached hydrogen (secondary N) is 1. The summed E-state index contributed by atoms with van der Waals surface area (Å²) in [7, 11) is 0. The van der Waals surface area contributed by atoms with E-state index < -0.39 is 0 Å². The van der Waals surface area contributed by atoms with Crippen molar-refractivity contribution in [3.05, 3.63) is 80.9 Å². The summed E-state index contributed by atoms with van der Waals surface area (Å²) in [5.41, 5.74) is 6.40. The molecule has 198 valence electrons. The Balaban J connectivity index is 1.37. The van der Waals surface area contributed by atoms with Crippen molar-refractivity contribution < 1.29 is 4.74 Å². The maximum absolute atomic E-state index is 13.6. The lowest BCUT2D eigenvalue weighted by atomic mass is 10.0. The Morgan fingerprint density at radius 3 is 2.63 bits per heavy atom. The van der Waals surface area contributed by atoms with Crippen molar-refractivity contribution in [1.82, 2.24) is 30.1 Å². The van der Waals surface area contributed by atoms with Gasteiger partial charge in [0.25, 0.3) is 5.56 Å². The van der Waals surface area contributed by atoms with Gasteiger partial charge in [-0.3, -0.25) is 9.69 Å². The van der Waals surface area contributed by atoms with Gasteiger partial charge in [0.15, 0.2) is 5.82 Å². The molecule has 0 aliphatic carbocycles. The number of rotatable bonds is 6. The number of pyridine rings is 1. The number of hydrogen-bond acceptors (Lipinski definition) is 7. The summed E-state index contributed by atoms with van der Waals surface area (Å²) < 4.78 is 7.73. The highest BCUT2D eigenvalue weighted by Crippen LogP contribution is 2.31. The van der Waals surface area contributed by atoms with E-state index in [4.69, 9.17) is 4.74 Å². The SMILES string of the molecule is Cc1cccc(N2CCN([C@@H](c3cc4cccc(C)c4[nH]c3=O)c3nnnn3C[C@@H]3CCCO3)CC2)c1C. The summed E-state index contributed by atoms with van der Waals surface area (Å²) in [5, 5.41) is 13.9. The molecule has 9 heteroatoms. The van der Waals surface area contributed by atoms with Crippen molar-refractivity contribution in [2.45, 2.75) is 52.3 Å². The molecule has 9 nitrogen and oxygen atoms in total. The van der Waals surface area contributed by atoms with Crippen molar-refractivity contribution in [3.63, 3.8) is 0 Å². The molecule has 6 rings (SSSR count). The van der Waals surface area contributed by atoms with E-state index in [0.29, 0.717) is 17.9 Å². The van der Waals surface area contributed by atoms with Crippen LogP contribution >= 0.6 is 0 Å². The molecule has 0 bridgehead atoms. The van der Waals surface area contributed by atoms with Gasteiger partial charge in [-0.15, -0.1) is 5.10 Å². The van der Waals surface area contributed by atoms with E-state index in [2.05, 4.69) is 62.4 Å². The summed E-state index contributed by atoms with van der Waals surface area (Å²) in [6.45, 7) is 11.0. The van der Waals surface area contributed by atoms with Crippen LogP contribution < -0.4 is 10.5 Å². The summed E-state index contributed by atoms with van der Waals surface area (Å²) in [6.07, 6.45) is 2.14. The van der Waals surface area contributed by atoms with Crippen LogP contribution in [-0.4, -0.2) is 69.0 Å². The minimum Gasteiger partial charge on any atom is -0.376 e. The van der Waals surface area contributed by atoms with Crippen LogP contribution in [0.3, 0.4) is 0 Å². The first-order chi connectivity index (χ1) is 18.5. The summed E-state index contributed by atoms with van der Waals surface area (Å²) in [5.74, 6) is 0.693. The third-order valence-corrected chi connectivity index (χ3v) is 8.21. The van der Waals surface area contributed by atoms with Crippen LogP contribution in [0.1, 0.15) is 47.0 Å². The number of aryl methyl sites for hydroxylation is 2. The number of nitrogens with zero attached hydrogens (tertiary/aromatic N) is 6. The van der Waals surface area contributed by atoms with Gasteiger partial charge in [-0.1, -0.05) is 30.3 Å². The molecule has 2 atom stereocenters. The number of ether oxygens (including phenoxy) is 1. The van der Waals surface area contributed by atoms with Crippen molar-refractivity contribution in [1.29, 1.82) is 0 Å². The molecule has 0 spiro atoms. The van der Waals surface area contributed by atoms with E-state index >= 15 is 0 Å². The zero-order valence-corrected chi connectivity index (χ0v) is 22.4. The lowest BCUT2D eigenvalue weighted by molar-refractivity contribution is 0.0906.